The Balaban J connectivity index is 2.22. The zero-order valence-corrected chi connectivity index (χ0v) is 10.6. The minimum atomic E-state index is 0.175. The van der Waals surface area contributed by atoms with E-state index in [-0.39, 0.29) is 5.78 Å². The van der Waals surface area contributed by atoms with Gasteiger partial charge in [-0.2, -0.15) is 0 Å². The molecule has 2 N–H and O–H groups in total. The number of nitrogens with zero attached hydrogens (tertiary/aromatic N) is 1. The number of nitrogens with two attached hydrogens (primary N) is 1. The quantitative estimate of drug-likeness (QED) is 0.820. The maximum atomic E-state index is 12.2. The highest BCUT2D eigenvalue weighted by atomic mass is 16.1. The van der Waals surface area contributed by atoms with Gasteiger partial charge in [0.05, 0.1) is 0 Å². The minimum Gasteiger partial charge on any atom is -0.330 e. The maximum Gasteiger partial charge on any atom is 0.163 e. The maximum absolute atomic E-state index is 12.2. The molecule has 94 valence electrons. The molecule has 0 amide bonds. The molecule has 0 aliphatic rings. The van der Waals surface area contributed by atoms with Crippen LogP contribution < -0.4 is 5.73 Å². The summed E-state index contributed by atoms with van der Waals surface area (Å²) in [5.74, 6) is 0.566. The van der Waals surface area contributed by atoms with E-state index >= 15 is 0 Å². The molecule has 1 aromatic carbocycles. The van der Waals surface area contributed by atoms with Gasteiger partial charge in [0.25, 0.3) is 0 Å². The van der Waals surface area contributed by atoms with E-state index in [1.807, 2.05) is 24.3 Å². The van der Waals surface area contributed by atoms with Crippen LogP contribution in [0.5, 0.6) is 0 Å². The number of benzene rings is 1. The summed E-state index contributed by atoms with van der Waals surface area (Å²) in [4.78, 5) is 16.3. The van der Waals surface area contributed by atoms with Crippen molar-refractivity contribution < 1.29 is 4.79 Å². The smallest absolute Gasteiger partial charge is 0.163 e. The molecule has 18 heavy (non-hydrogen) atoms. The lowest BCUT2D eigenvalue weighted by Gasteiger charge is -2.08. The topological polar surface area (TPSA) is 56.0 Å². The molecule has 3 heteroatoms. The van der Waals surface area contributed by atoms with Crippen LogP contribution in [0.2, 0.25) is 0 Å². The Morgan fingerprint density at radius 2 is 2.22 bits per heavy atom. The van der Waals surface area contributed by atoms with Gasteiger partial charge < -0.3 is 5.73 Å². The van der Waals surface area contributed by atoms with Gasteiger partial charge in [0.15, 0.2) is 5.78 Å². The van der Waals surface area contributed by atoms with Crippen molar-refractivity contribution in [3.05, 3.63) is 42.2 Å². The Labute approximate surface area is 107 Å². The molecule has 2 aromatic rings. The van der Waals surface area contributed by atoms with Gasteiger partial charge in [-0.15, -0.1) is 0 Å². The first kappa shape index (κ1) is 12.7. The van der Waals surface area contributed by atoms with E-state index in [1.165, 1.54) is 0 Å². The van der Waals surface area contributed by atoms with Crippen LogP contribution in [0.15, 0.2) is 36.7 Å². The first-order valence-corrected chi connectivity index (χ1v) is 6.28. The number of aromatic nitrogens is 1. The van der Waals surface area contributed by atoms with Gasteiger partial charge in [0, 0.05) is 29.8 Å². The standard InChI is InChI=1S/C15H18N2O/c1-11(9-16)5-6-15(18)13-4-2-3-12-7-8-17-10-14(12)13/h2-4,7-8,10-11H,5-6,9,16H2,1H3. The summed E-state index contributed by atoms with van der Waals surface area (Å²) in [7, 11) is 0. The fourth-order valence-corrected chi connectivity index (χ4v) is 1.99. The fraction of sp³-hybridized carbons (Fsp3) is 0.333. The molecule has 0 saturated carbocycles. The summed E-state index contributed by atoms with van der Waals surface area (Å²) in [6.45, 7) is 2.70. The van der Waals surface area contributed by atoms with Gasteiger partial charge in [-0.25, -0.2) is 0 Å². The van der Waals surface area contributed by atoms with Crippen LogP contribution in [0.25, 0.3) is 10.8 Å². The average molecular weight is 242 g/mol. The second kappa shape index (κ2) is 5.74. The molecule has 2 rings (SSSR count). The van der Waals surface area contributed by atoms with Crippen LogP contribution in [0.3, 0.4) is 0 Å². The summed E-state index contributed by atoms with van der Waals surface area (Å²) in [5, 5.41) is 1.99. The van der Waals surface area contributed by atoms with Crippen LogP contribution in [-0.4, -0.2) is 17.3 Å². The summed E-state index contributed by atoms with van der Waals surface area (Å²) in [6.07, 6.45) is 4.89. The lowest BCUT2D eigenvalue weighted by Crippen LogP contribution is -2.12. The Morgan fingerprint density at radius 3 is 3.00 bits per heavy atom. The van der Waals surface area contributed by atoms with Crippen LogP contribution >= 0.6 is 0 Å². The summed E-state index contributed by atoms with van der Waals surface area (Å²) >= 11 is 0. The van der Waals surface area contributed by atoms with Crippen molar-refractivity contribution in [1.29, 1.82) is 0 Å². The number of ketones is 1. The first-order valence-electron chi connectivity index (χ1n) is 6.28. The van der Waals surface area contributed by atoms with Gasteiger partial charge in [-0.1, -0.05) is 25.1 Å². The number of Topliss-reactive ketones (excluding diaryl/α,β-unsaturated/α-hetero) is 1. The lowest BCUT2D eigenvalue weighted by atomic mass is 9.97. The van der Waals surface area contributed by atoms with Gasteiger partial charge >= 0.3 is 0 Å². The molecular weight excluding hydrogens is 224 g/mol. The van der Waals surface area contributed by atoms with Crippen molar-refractivity contribution in [2.45, 2.75) is 19.8 Å². The molecule has 0 bridgehead atoms. The predicted octanol–water partition coefficient (Wildman–Crippen LogP) is 2.79. The fourth-order valence-electron chi connectivity index (χ4n) is 1.99. The van der Waals surface area contributed by atoms with Crippen molar-refractivity contribution in [2.24, 2.45) is 11.7 Å². The zero-order valence-electron chi connectivity index (χ0n) is 10.6. The second-order valence-corrected chi connectivity index (χ2v) is 4.71. The highest BCUT2D eigenvalue weighted by molar-refractivity contribution is 6.07. The first-order chi connectivity index (χ1) is 8.72. The average Bonchev–Trinajstić information content (AvgIpc) is 2.43. The largest absolute Gasteiger partial charge is 0.330 e. The SMILES string of the molecule is CC(CN)CCC(=O)c1cccc2ccncc12. The summed E-state index contributed by atoms with van der Waals surface area (Å²) < 4.78 is 0. The van der Waals surface area contributed by atoms with Crippen LogP contribution in [-0.2, 0) is 0 Å². The molecule has 1 unspecified atom stereocenters. The monoisotopic (exact) mass is 242 g/mol. The number of fused-ring (bicyclic) bond motifs is 1. The highest BCUT2D eigenvalue weighted by Crippen LogP contribution is 2.20. The minimum absolute atomic E-state index is 0.175. The van der Waals surface area contributed by atoms with E-state index in [0.717, 1.165) is 22.8 Å². The summed E-state index contributed by atoms with van der Waals surface area (Å²) in [5.41, 5.74) is 6.33. The Kier molecular flexibility index (Phi) is 4.05. The number of rotatable bonds is 5. The molecule has 0 aliphatic carbocycles. The van der Waals surface area contributed by atoms with E-state index in [0.29, 0.717) is 18.9 Å². The normalized spacial score (nSPS) is 12.6. The number of hydrogen-bond acceptors (Lipinski definition) is 3. The predicted molar refractivity (Wildman–Crippen MR) is 73.5 cm³/mol. The lowest BCUT2D eigenvalue weighted by molar-refractivity contribution is 0.0976. The molecular formula is C15H18N2O. The molecule has 0 radical (unpaired) electrons. The summed E-state index contributed by atoms with van der Waals surface area (Å²) in [6, 6.07) is 7.71. The van der Waals surface area contributed by atoms with Crippen molar-refractivity contribution in [1.82, 2.24) is 4.98 Å². The molecule has 3 nitrogen and oxygen atoms in total. The third-order valence-corrected chi connectivity index (χ3v) is 3.25. The van der Waals surface area contributed by atoms with Crippen molar-refractivity contribution in [3.8, 4) is 0 Å². The Bertz CT molecular complexity index is 546. The van der Waals surface area contributed by atoms with Gasteiger partial charge in [-0.05, 0) is 30.3 Å². The van der Waals surface area contributed by atoms with E-state index in [1.54, 1.807) is 12.4 Å². The number of carbonyl (C=O) groups excluding carboxylic acids is 1. The second-order valence-electron chi connectivity index (χ2n) is 4.71. The Hall–Kier alpha value is -1.74. The van der Waals surface area contributed by atoms with E-state index in [9.17, 15) is 4.79 Å². The van der Waals surface area contributed by atoms with E-state index < -0.39 is 0 Å². The van der Waals surface area contributed by atoms with Crippen molar-refractivity contribution >= 4 is 16.6 Å². The van der Waals surface area contributed by atoms with Crippen LogP contribution in [0, 0.1) is 5.92 Å². The molecule has 0 fully saturated rings. The highest BCUT2D eigenvalue weighted by Gasteiger charge is 2.11. The number of hydrogen-bond donors (Lipinski definition) is 1. The van der Waals surface area contributed by atoms with Gasteiger partial charge in [0.2, 0.25) is 0 Å². The number of carbonyl (C=O) groups is 1. The zero-order chi connectivity index (χ0) is 13.0. The Morgan fingerprint density at radius 1 is 1.39 bits per heavy atom. The third kappa shape index (κ3) is 2.74. The van der Waals surface area contributed by atoms with Crippen molar-refractivity contribution in [3.63, 3.8) is 0 Å². The molecule has 1 atom stereocenters. The molecule has 0 spiro atoms. The van der Waals surface area contributed by atoms with Gasteiger partial charge in [-0.3, -0.25) is 9.78 Å². The van der Waals surface area contributed by atoms with Crippen LogP contribution in [0.4, 0.5) is 0 Å². The molecule has 0 aliphatic heterocycles. The van der Waals surface area contributed by atoms with E-state index in [2.05, 4.69) is 11.9 Å². The molecule has 1 heterocycles. The van der Waals surface area contributed by atoms with Crippen LogP contribution in [0.1, 0.15) is 30.1 Å². The third-order valence-electron chi connectivity index (χ3n) is 3.25. The van der Waals surface area contributed by atoms with Gasteiger partial charge in [0.1, 0.15) is 0 Å². The molecule has 0 saturated heterocycles. The number of pyridine rings is 1. The van der Waals surface area contributed by atoms with Crippen molar-refractivity contribution in [2.75, 3.05) is 6.54 Å². The van der Waals surface area contributed by atoms with E-state index in [4.69, 9.17) is 5.73 Å². The molecule has 1 aromatic heterocycles.